The van der Waals surface area contributed by atoms with Crippen molar-refractivity contribution < 1.29 is 18.1 Å². The Balaban J connectivity index is 3.11. The van der Waals surface area contributed by atoms with Gasteiger partial charge in [-0.05, 0) is 25.0 Å². The van der Waals surface area contributed by atoms with Crippen molar-refractivity contribution in [2.75, 3.05) is 12.9 Å². The van der Waals surface area contributed by atoms with Crippen LogP contribution in [0.4, 0.5) is 5.69 Å². The minimum atomic E-state index is -3.52. The Bertz CT molecular complexity index is 580. The average molecular weight is 285 g/mol. The highest BCUT2D eigenvalue weighted by Crippen LogP contribution is 2.29. The molecule has 0 fully saturated rings. The summed E-state index contributed by atoms with van der Waals surface area (Å²) in [5.74, 6) is -0.0299. The number of ether oxygens (including phenoxy) is 1. The number of hydrogen-bond donors (Lipinski definition) is 0. The molecule has 1 rings (SSSR count). The SMILES string of the molecule is C=CCCCS(=O)(=O)c1ccc(OC)c([N+](=O)[O-])c1. The van der Waals surface area contributed by atoms with Gasteiger partial charge >= 0.3 is 5.69 Å². The van der Waals surface area contributed by atoms with Gasteiger partial charge in [-0.1, -0.05) is 6.08 Å². The van der Waals surface area contributed by atoms with Gasteiger partial charge in [0.15, 0.2) is 15.6 Å². The highest BCUT2D eigenvalue weighted by atomic mass is 32.2. The maximum absolute atomic E-state index is 12.0. The van der Waals surface area contributed by atoms with Crippen molar-refractivity contribution in [3.05, 3.63) is 41.0 Å². The first-order valence-electron chi connectivity index (χ1n) is 5.58. The third-order valence-corrected chi connectivity index (χ3v) is 4.33. The van der Waals surface area contributed by atoms with Crippen LogP contribution >= 0.6 is 0 Å². The molecule has 0 amide bonds. The van der Waals surface area contributed by atoms with Crippen molar-refractivity contribution in [3.63, 3.8) is 0 Å². The zero-order chi connectivity index (χ0) is 14.5. The summed E-state index contributed by atoms with van der Waals surface area (Å²) >= 11 is 0. The molecule has 0 atom stereocenters. The third kappa shape index (κ3) is 3.78. The molecule has 1 aromatic rings. The Labute approximate surface area is 111 Å². The third-order valence-electron chi connectivity index (χ3n) is 2.53. The van der Waals surface area contributed by atoms with Crippen molar-refractivity contribution >= 4 is 15.5 Å². The monoisotopic (exact) mass is 285 g/mol. The van der Waals surface area contributed by atoms with Gasteiger partial charge in [-0.3, -0.25) is 10.1 Å². The first-order valence-corrected chi connectivity index (χ1v) is 7.23. The van der Waals surface area contributed by atoms with E-state index in [4.69, 9.17) is 4.74 Å². The van der Waals surface area contributed by atoms with Gasteiger partial charge in [0, 0.05) is 6.07 Å². The quantitative estimate of drug-likeness (QED) is 0.332. The van der Waals surface area contributed by atoms with Crippen molar-refractivity contribution in [2.45, 2.75) is 17.7 Å². The molecule has 0 unspecified atom stereocenters. The van der Waals surface area contributed by atoms with Gasteiger partial charge in [0.25, 0.3) is 0 Å². The van der Waals surface area contributed by atoms with E-state index in [1.165, 1.54) is 19.2 Å². The molecule has 0 saturated carbocycles. The number of unbranched alkanes of at least 4 members (excludes halogenated alkanes) is 1. The number of methoxy groups -OCH3 is 1. The molecule has 0 spiro atoms. The highest BCUT2D eigenvalue weighted by Gasteiger charge is 2.21. The number of nitrogens with zero attached hydrogens (tertiary/aromatic N) is 1. The van der Waals surface area contributed by atoms with Gasteiger partial charge < -0.3 is 4.74 Å². The predicted molar refractivity (Wildman–Crippen MR) is 71.1 cm³/mol. The maximum Gasteiger partial charge on any atom is 0.312 e. The van der Waals surface area contributed by atoms with E-state index in [1.54, 1.807) is 6.08 Å². The van der Waals surface area contributed by atoms with Crippen LogP contribution in [0.15, 0.2) is 35.7 Å². The van der Waals surface area contributed by atoms with Crippen molar-refractivity contribution in [1.29, 1.82) is 0 Å². The second-order valence-corrected chi connectivity index (χ2v) is 5.95. The van der Waals surface area contributed by atoms with E-state index >= 15 is 0 Å². The van der Waals surface area contributed by atoms with E-state index in [0.717, 1.165) is 6.07 Å². The van der Waals surface area contributed by atoms with Crippen LogP contribution < -0.4 is 4.74 Å². The average Bonchev–Trinajstić information content (AvgIpc) is 2.38. The fourth-order valence-corrected chi connectivity index (χ4v) is 2.89. The number of benzene rings is 1. The van der Waals surface area contributed by atoms with Crippen LogP contribution in [0.25, 0.3) is 0 Å². The standard InChI is InChI=1S/C12H15NO5S/c1-3-4-5-8-19(16,17)10-6-7-12(18-2)11(9-10)13(14)15/h3,6-7,9H,1,4-5,8H2,2H3. The molecule has 0 aromatic heterocycles. The van der Waals surface area contributed by atoms with Gasteiger partial charge in [-0.2, -0.15) is 0 Å². The topological polar surface area (TPSA) is 86.5 Å². The molecule has 0 aliphatic rings. The first kappa shape index (κ1) is 15.2. The summed E-state index contributed by atoms with van der Waals surface area (Å²) < 4.78 is 28.8. The van der Waals surface area contributed by atoms with E-state index in [-0.39, 0.29) is 22.1 Å². The molecular weight excluding hydrogens is 270 g/mol. The zero-order valence-corrected chi connectivity index (χ0v) is 11.4. The molecule has 0 bridgehead atoms. The Morgan fingerprint density at radius 1 is 1.47 bits per heavy atom. The van der Waals surface area contributed by atoms with Gasteiger partial charge in [-0.15, -0.1) is 6.58 Å². The normalized spacial score (nSPS) is 11.0. The minimum absolute atomic E-state index is 0.0371. The second-order valence-electron chi connectivity index (χ2n) is 3.84. The number of hydrogen-bond acceptors (Lipinski definition) is 5. The zero-order valence-electron chi connectivity index (χ0n) is 10.5. The number of allylic oxidation sites excluding steroid dienone is 1. The lowest BCUT2D eigenvalue weighted by molar-refractivity contribution is -0.386. The molecule has 0 saturated heterocycles. The lowest BCUT2D eigenvalue weighted by atomic mass is 10.3. The minimum Gasteiger partial charge on any atom is -0.490 e. The number of nitro benzene ring substituents is 1. The van der Waals surface area contributed by atoms with Crippen LogP contribution in [0.2, 0.25) is 0 Å². The molecule has 19 heavy (non-hydrogen) atoms. The van der Waals surface area contributed by atoms with Crippen LogP contribution in [-0.4, -0.2) is 26.2 Å². The van der Waals surface area contributed by atoms with Crippen molar-refractivity contribution in [2.24, 2.45) is 0 Å². The van der Waals surface area contributed by atoms with Crippen molar-refractivity contribution in [3.8, 4) is 5.75 Å². The number of rotatable bonds is 7. The molecule has 0 heterocycles. The van der Waals surface area contributed by atoms with E-state index in [1.807, 2.05) is 0 Å². The number of nitro groups is 1. The lowest BCUT2D eigenvalue weighted by Gasteiger charge is -2.06. The molecule has 0 radical (unpaired) electrons. The number of sulfone groups is 1. The summed E-state index contributed by atoms with van der Waals surface area (Å²) in [4.78, 5) is 10.1. The Morgan fingerprint density at radius 2 is 2.16 bits per heavy atom. The van der Waals surface area contributed by atoms with E-state index < -0.39 is 14.8 Å². The fourth-order valence-electron chi connectivity index (χ4n) is 1.54. The fraction of sp³-hybridized carbons (Fsp3) is 0.333. The van der Waals surface area contributed by atoms with Crippen LogP contribution in [-0.2, 0) is 9.84 Å². The maximum atomic E-state index is 12.0. The summed E-state index contributed by atoms with van der Waals surface area (Å²) in [6, 6.07) is 3.63. The molecule has 6 nitrogen and oxygen atoms in total. The van der Waals surface area contributed by atoms with Crippen LogP contribution in [0, 0.1) is 10.1 Å². The van der Waals surface area contributed by atoms with E-state index in [9.17, 15) is 18.5 Å². The van der Waals surface area contributed by atoms with Gasteiger partial charge in [0.05, 0.1) is 22.7 Å². The molecule has 0 N–H and O–H groups in total. The summed E-state index contributed by atoms with van der Waals surface area (Å²) in [5.41, 5.74) is -0.354. The van der Waals surface area contributed by atoms with Gasteiger partial charge in [0.2, 0.25) is 0 Å². The summed E-state index contributed by atoms with van der Waals surface area (Å²) in [7, 11) is -2.23. The Kier molecular flexibility index (Phi) is 5.05. The van der Waals surface area contributed by atoms with Crippen LogP contribution in [0.5, 0.6) is 5.75 Å². The Morgan fingerprint density at radius 3 is 2.68 bits per heavy atom. The molecule has 0 aliphatic carbocycles. The molecule has 7 heteroatoms. The van der Waals surface area contributed by atoms with Crippen LogP contribution in [0.1, 0.15) is 12.8 Å². The van der Waals surface area contributed by atoms with Crippen molar-refractivity contribution in [1.82, 2.24) is 0 Å². The predicted octanol–water partition coefficient (Wildman–Crippen LogP) is 2.34. The second kappa shape index (κ2) is 6.33. The van der Waals surface area contributed by atoms with Gasteiger partial charge in [-0.25, -0.2) is 8.42 Å². The highest BCUT2D eigenvalue weighted by molar-refractivity contribution is 7.91. The lowest BCUT2D eigenvalue weighted by Crippen LogP contribution is -2.07. The molecule has 104 valence electrons. The van der Waals surface area contributed by atoms with E-state index in [0.29, 0.717) is 12.8 Å². The molecule has 1 aromatic carbocycles. The molecular formula is C12H15NO5S. The van der Waals surface area contributed by atoms with Crippen LogP contribution in [0.3, 0.4) is 0 Å². The summed E-state index contributed by atoms with van der Waals surface area (Å²) in [5, 5.41) is 10.8. The largest absolute Gasteiger partial charge is 0.490 e. The Hall–Kier alpha value is -1.89. The van der Waals surface area contributed by atoms with E-state index in [2.05, 4.69) is 6.58 Å². The summed E-state index contributed by atoms with van der Waals surface area (Å²) in [6.45, 7) is 3.51. The molecule has 0 aliphatic heterocycles. The smallest absolute Gasteiger partial charge is 0.312 e. The first-order chi connectivity index (χ1) is 8.92. The van der Waals surface area contributed by atoms with Gasteiger partial charge in [0.1, 0.15) is 0 Å². The summed E-state index contributed by atoms with van der Waals surface area (Å²) in [6.07, 6.45) is 2.65.